The van der Waals surface area contributed by atoms with Crippen LogP contribution in [0.2, 0.25) is 0 Å². The summed E-state index contributed by atoms with van der Waals surface area (Å²) >= 11 is 0. The van der Waals surface area contributed by atoms with Gasteiger partial charge >= 0.3 is 6.18 Å². The molecule has 1 aromatic carbocycles. The summed E-state index contributed by atoms with van der Waals surface area (Å²) in [5, 5.41) is 13.6. The fourth-order valence-corrected chi connectivity index (χ4v) is 2.85. The highest BCUT2D eigenvalue weighted by molar-refractivity contribution is 5.95. The minimum absolute atomic E-state index is 0.0874. The zero-order valence-corrected chi connectivity index (χ0v) is 12.4. The monoisotopic (exact) mass is 329 g/mol. The van der Waals surface area contributed by atoms with Gasteiger partial charge in [0, 0.05) is 24.3 Å². The minimum Gasteiger partial charge on any atom is -0.474 e. The molecule has 1 fully saturated rings. The lowest BCUT2D eigenvalue weighted by Gasteiger charge is -2.34. The first kappa shape index (κ1) is 15.9. The number of halogens is 3. The molecule has 0 amide bonds. The fourth-order valence-electron chi connectivity index (χ4n) is 2.85. The Morgan fingerprint density at radius 3 is 2.83 bits per heavy atom. The van der Waals surface area contributed by atoms with E-state index in [1.54, 1.807) is 11.0 Å². The molecule has 2 aliphatic rings. The van der Waals surface area contributed by atoms with Gasteiger partial charge in [-0.05, 0) is 31.0 Å². The summed E-state index contributed by atoms with van der Waals surface area (Å²) in [4.78, 5) is 1.59. The van der Waals surface area contributed by atoms with E-state index < -0.39 is 17.8 Å². The maximum Gasteiger partial charge on any atom is 0.418 e. The Morgan fingerprint density at radius 1 is 1.35 bits per heavy atom. The molecule has 0 bridgehead atoms. The van der Waals surface area contributed by atoms with Crippen molar-refractivity contribution in [3.63, 3.8) is 0 Å². The van der Waals surface area contributed by atoms with Crippen molar-refractivity contribution in [3.05, 3.63) is 29.3 Å². The average Bonchev–Trinajstić information content (AvgIpc) is 2.54. The van der Waals surface area contributed by atoms with Gasteiger partial charge in [-0.3, -0.25) is 0 Å². The van der Waals surface area contributed by atoms with Crippen LogP contribution in [0.4, 0.5) is 18.9 Å². The molecular weight excluding hydrogens is 311 g/mol. The third-order valence-electron chi connectivity index (χ3n) is 3.92. The number of aliphatic hydroxyl groups excluding tert-OH is 1. The van der Waals surface area contributed by atoms with Crippen LogP contribution in [0.25, 0.3) is 0 Å². The van der Waals surface area contributed by atoms with Crippen molar-refractivity contribution in [2.75, 3.05) is 31.1 Å². The Kier molecular flexibility index (Phi) is 4.34. The van der Waals surface area contributed by atoms with Crippen LogP contribution >= 0.6 is 0 Å². The van der Waals surface area contributed by atoms with Crippen molar-refractivity contribution in [1.82, 2.24) is 5.43 Å². The number of piperidine rings is 1. The van der Waals surface area contributed by atoms with E-state index >= 15 is 0 Å². The van der Waals surface area contributed by atoms with E-state index in [0.29, 0.717) is 32.5 Å². The van der Waals surface area contributed by atoms with Gasteiger partial charge < -0.3 is 20.2 Å². The van der Waals surface area contributed by atoms with Crippen LogP contribution in [0.15, 0.2) is 23.3 Å². The lowest BCUT2D eigenvalue weighted by molar-refractivity contribution is -0.137. The van der Waals surface area contributed by atoms with Gasteiger partial charge in [-0.25, -0.2) is 0 Å². The lowest BCUT2D eigenvalue weighted by Crippen LogP contribution is -2.39. The van der Waals surface area contributed by atoms with E-state index in [9.17, 15) is 18.3 Å². The summed E-state index contributed by atoms with van der Waals surface area (Å²) < 4.78 is 45.7. The van der Waals surface area contributed by atoms with Crippen molar-refractivity contribution < 1.29 is 23.0 Å². The zero-order valence-electron chi connectivity index (χ0n) is 12.4. The number of β-amino-alcohol motifs (C(OH)–C–C–N with tert-alkyl or cyclic N) is 1. The lowest BCUT2D eigenvalue weighted by atomic mass is 10.0. The molecule has 0 saturated carbocycles. The van der Waals surface area contributed by atoms with Crippen LogP contribution in [-0.2, 0) is 10.9 Å². The molecule has 2 heterocycles. The molecule has 1 saturated heterocycles. The Balaban J connectivity index is 1.97. The van der Waals surface area contributed by atoms with Gasteiger partial charge in [0.2, 0.25) is 5.90 Å². The molecule has 0 aromatic heterocycles. The molecule has 0 unspecified atom stereocenters. The standard InChI is InChI=1S/C15H18F3N3O2/c16-15(17,18)12-8-10(14-20-19-5-7-23-14)3-4-13(12)21-6-1-2-11(22)9-21/h3-4,8,11,19,22H,1-2,5-7,9H2/t11-/m0/s1. The van der Waals surface area contributed by atoms with Crippen molar-refractivity contribution >= 4 is 11.6 Å². The van der Waals surface area contributed by atoms with E-state index in [-0.39, 0.29) is 23.7 Å². The minimum atomic E-state index is -4.49. The first-order valence-corrected chi connectivity index (χ1v) is 7.53. The predicted molar refractivity (Wildman–Crippen MR) is 79.4 cm³/mol. The quantitative estimate of drug-likeness (QED) is 0.871. The van der Waals surface area contributed by atoms with Gasteiger partial charge in [-0.2, -0.15) is 13.2 Å². The van der Waals surface area contributed by atoms with Crippen LogP contribution in [0, 0.1) is 0 Å². The number of hydrogen-bond acceptors (Lipinski definition) is 5. The van der Waals surface area contributed by atoms with Gasteiger partial charge in [-0.15, -0.1) is 5.10 Å². The number of rotatable bonds is 2. The van der Waals surface area contributed by atoms with Gasteiger partial charge in [0.15, 0.2) is 0 Å². The van der Waals surface area contributed by atoms with Crippen LogP contribution < -0.4 is 10.3 Å². The van der Waals surface area contributed by atoms with Crippen LogP contribution in [0.5, 0.6) is 0 Å². The molecule has 0 radical (unpaired) electrons. The Hall–Kier alpha value is -1.96. The number of alkyl halides is 3. The highest BCUT2D eigenvalue weighted by atomic mass is 19.4. The van der Waals surface area contributed by atoms with E-state index in [4.69, 9.17) is 4.74 Å². The molecule has 0 aliphatic carbocycles. The summed E-state index contributed by atoms with van der Waals surface area (Å²) in [6, 6.07) is 4.05. The molecule has 2 aliphatic heterocycles. The summed E-state index contributed by atoms with van der Waals surface area (Å²) in [5.41, 5.74) is 2.35. The first-order chi connectivity index (χ1) is 10.9. The van der Waals surface area contributed by atoms with Crippen LogP contribution in [0.3, 0.4) is 0 Å². The summed E-state index contributed by atoms with van der Waals surface area (Å²) in [6.45, 7) is 1.60. The third kappa shape index (κ3) is 3.52. The molecule has 126 valence electrons. The molecule has 0 spiro atoms. The Bertz CT molecular complexity index is 604. The summed E-state index contributed by atoms with van der Waals surface area (Å²) in [6.07, 6.45) is -3.80. The molecule has 23 heavy (non-hydrogen) atoms. The smallest absolute Gasteiger partial charge is 0.418 e. The van der Waals surface area contributed by atoms with Crippen molar-refractivity contribution in [2.45, 2.75) is 25.1 Å². The normalized spacial score (nSPS) is 22.2. The number of ether oxygens (including phenoxy) is 1. The molecule has 5 nitrogen and oxygen atoms in total. The number of aliphatic hydroxyl groups is 1. The van der Waals surface area contributed by atoms with Crippen molar-refractivity contribution in [1.29, 1.82) is 0 Å². The second-order valence-electron chi connectivity index (χ2n) is 5.65. The van der Waals surface area contributed by atoms with Gasteiger partial charge in [-0.1, -0.05) is 0 Å². The predicted octanol–water partition coefficient (Wildman–Crippen LogP) is 1.95. The van der Waals surface area contributed by atoms with Crippen molar-refractivity contribution in [3.8, 4) is 0 Å². The first-order valence-electron chi connectivity index (χ1n) is 7.53. The second kappa shape index (κ2) is 6.27. The van der Waals surface area contributed by atoms with Crippen LogP contribution in [0.1, 0.15) is 24.0 Å². The van der Waals surface area contributed by atoms with E-state index in [2.05, 4.69) is 10.5 Å². The largest absolute Gasteiger partial charge is 0.474 e. The molecule has 8 heteroatoms. The highest BCUT2D eigenvalue weighted by Gasteiger charge is 2.36. The molecular formula is C15H18F3N3O2. The van der Waals surface area contributed by atoms with Gasteiger partial charge in [0.25, 0.3) is 0 Å². The number of nitrogens with zero attached hydrogens (tertiary/aromatic N) is 2. The van der Waals surface area contributed by atoms with Gasteiger partial charge in [0.05, 0.1) is 18.2 Å². The summed E-state index contributed by atoms with van der Waals surface area (Å²) in [7, 11) is 0. The van der Waals surface area contributed by atoms with Crippen LogP contribution in [-0.4, -0.2) is 43.3 Å². The number of anilines is 1. The van der Waals surface area contributed by atoms with E-state index in [0.717, 1.165) is 6.07 Å². The fraction of sp³-hybridized carbons (Fsp3) is 0.533. The Morgan fingerprint density at radius 2 is 2.17 bits per heavy atom. The zero-order chi connectivity index (χ0) is 16.4. The highest BCUT2D eigenvalue weighted by Crippen LogP contribution is 2.38. The second-order valence-corrected chi connectivity index (χ2v) is 5.65. The number of hydrogen-bond donors (Lipinski definition) is 2. The third-order valence-corrected chi connectivity index (χ3v) is 3.92. The average molecular weight is 329 g/mol. The van der Waals surface area contributed by atoms with E-state index in [1.165, 1.54) is 6.07 Å². The number of hydrazone groups is 1. The number of benzene rings is 1. The molecule has 3 rings (SSSR count). The topological polar surface area (TPSA) is 57.1 Å². The molecule has 1 atom stereocenters. The SMILES string of the molecule is O[C@H]1CCCN(c2ccc(C3=NNCCO3)cc2C(F)(F)F)C1. The maximum absolute atomic E-state index is 13.5. The summed E-state index contributed by atoms with van der Waals surface area (Å²) in [5.74, 6) is 0.159. The van der Waals surface area contributed by atoms with Gasteiger partial charge in [0.1, 0.15) is 6.61 Å². The molecule has 2 N–H and O–H groups in total. The molecule has 1 aromatic rings. The maximum atomic E-state index is 13.5. The number of nitrogens with one attached hydrogen (secondary N) is 1. The van der Waals surface area contributed by atoms with E-state index in [1.807, 2.05) is 0 Å². The van der Waals surface area contributed by atoms with Crippen molar-refractivity contribution in [2.24, 2.45) is 5.10 Å². The Labute approximate surface area is 131 Å².